The van der Waals surface area contributed by atoms with Crippen LogP contribution in [0.1, 0.15) is 31.7 Å². The summed E-state index contributed by atoms with van der Waals surface area (Å²) in [6, 6.07) is 24.0. The molecule has 1 heterocycles. The molecule has 6 nitrogen and oxygen atoms in total. The molecule has 0 atom stereocenters. The van der Waals surface area contributed by atoms with Gasteiger partial charge in [0.1, 0.15) is 18.0 Å². The van der Waals surface area contributed by atoms with Crippen LogP contribution in [0, 0.1) is 0 Å². The number of unbranched alkanes of at least 4 members (excludes halogenated alkanes) is 1. The molecule has 0 unspecified atom stereocenters. The van der Waals surface area contributed by atoms with E-state index in [1.807, 2.05) is 36.5 Å². The van der Waals surface area contributed by atoms with Crippen LogP contribution < -0.4 is 14.8 Å². The molecule has 186 valence electrons. The van der Waals surface area contributed by atoms with Gasteiger partial charge in [-0.05, 0) is 60.7 Å². The minimum absolute atomic E-state index is 0.126. The third kappa shape index (κ3) is 6.54. The Morgan fingerprint density at radius 2 is 1.75 bits per heavy atom. The Hall–Kier alpha value is -4.06. The van der Waals surface area contributed by atoms with Crippen molar-refractivity contribution in [3.63, 3.8) is 0 Å². The van der Waals surface area contributed by atoms with Crippen molar-refractivity contribution in [2.75, 3.05) is 25.1 Å². The topological polar surface area (TPSA) is 80.7 Å². The van der Waals surface area contributed by atoms with Gasteiger partial charge in [-0.2, -0.15) is 0 Å². The van der Waals surface area contributed by atoms with Crippen LogP contribution in [0.5, 0.6) is 11.5 Å². The lowest BCUT2D eigenvalue weighted by molar-refractivity contribution is -0.134. The van der Waals surface area contributed by atoms with Crippen LogP contribution >= 0.6 is 0 Å². The molecule has 36 heavy (non-hydrogen) atoms. The number of aliphatic carboxylic acids is 1. The van der Waals surface area contributed by atoms with Gasteiger partial charge < -0.3 is 19.9 Å². The van der Waals surface area contributed by atoms with Gasteiger partial charge >= 0.3 is 5.97 Å². The first-order valence-electron chi connectivity index (χ1n) is 12.4. The number of ether oxygens (including phenoxy) is 2. The summed E-state index contributed by atoms with van der Waals surface area (Å²) >= 11 is 0. The molecule has 0 aliphatic carbocycles. The van der Waals surface area contributed by atoms with Gasteiger partial charge in [0, 0.05) is 28.9 Å². The number of nitrogens with zero attached hydrogens (tertiary/aromatic N) is 1. The number of hydrogen-bond donors (Lipinski definition) is 2. The molecular formula is C30H32N2O4. The molecule has 4 aromatic rings. The Kier molecular flexibility index (Phi) is 8.76. The summed E-state index contributed by atoms with van der Waals surface area (Å²) in [5.74, 6) is 0.716. The number of carboxylic acid groups (broad SMARTS) is 1. The number of carboxylic acids is 1. The number of pyridine rings is 1. The second-order valence-electron chi connectivity index (χ2n) is 8.59. The summed E-state index contributed by atoms with van der Waals surface area (Å²) in [5.41, 5.74) is 5.26. The van der Waals surface area contributed by atoms with E-state index in [2.05, 4.69) is 54.7 Å². The molecule has 0 bridgehead atoms. The van der Waals surface area contributed by atoms with E-state index in [4.69, 9.17) is 19.6 Å². The summed E-state index contributed by atoms with van der Waals surface area (Å²) in [7, 11) is 0. The van der Waals surface area contributed by atoms with Crippen molar-refractivity contribution in [2.45, 2.75) is 32.6 Å². The third-order valence-electron chi connectivity index (χ3n) is 5.90. The number of nitrogens with one attached hydrogen (secondary N) is 1. The highest BCUT2D eigenvalue weighted by Crippen LogP contribution is 2.34. The van der Waals surface area contributed by atoms with E-state index >= 15 is 0 Å². The Labute approximate surface area is 211 Å². The highest BCUT2D eigenvalue weighted by atomic mass is 16.5. The van der Waals surface area contributed by atoms with Gasteiger partial charge in [-0.3, -0.25) is 9.78 Å². The molecule has 0 saturated carbocycles. The summed E-state index contributed by atoms with van der Waals surface area (Å²) in [6.07, 6.45) is 5.52. The first-order chi connectivity index (χ1) is 17.7. The zero-order valence-electron chi connectivity index (χ0n) is 20.6. The number of benzene rings is 3. The van der Waals surface area contributed by atoms with E-state index in [0.29, 0.717) is 19.0 Å². The Bertz CT molecular complexity index is 1290. The number of aryl methyl sites for hydroxylation is 1. The van der Waals surface area contributed by atoms with Crippen molar-refractivity contribution < 1.29 is 19.4 Å². The first kappa shape index (κ1) is 25.0. The van der Waals surface area contributed by atoms with E-state index in [0.717, 1.165) is 53.6 Å². The van der Waals surface area contributed by atoms with Crippen molar-refractivity contribution in [1.82, 2.24) is 4.98 Å². The minimum atomic E-state index is -0.901. The maximum atomic E-state index is 10.7. The number of hydrogen-bond acceptors (Lipinski definition) is 5. The van der Waals surface area contributed by atoms with E-state index in [9.17, 15) is 4.79 Å². The Morgan fingerprint density at radius 1 is 0.944 bits per heavy atom. The predicted molar refractivity (Wildman–Crippen MR) is 144 cm³/mol. The van der Waals surface area contributed by atoms with E-state index in [1.165, 1.54) is 11.1 Å². The van der Waals surface area contributed by atoms with Gasteiger partial charge in [0.05, 0.1) is 18.7 Å². The quantitative estimate of drug-likeness (QED) is 0.208. The van der Waals surface area contributed by atoms with Crippen molar-refractivity contribution in [2.24, 2.45) is 0 Å². The van der Waals surface area contributed by atoms with Crippen molar-refractivity contribution in [3.8, 4) is 22.6 Å². The average Bonchev–Trinajstić information content (AvgIpc) is 2.91. The fourth-order valence-electron chi connectivity index (χ4n) is 4.20. The lowest BCUT2D eigenvalue weighted by atomic mass is 9.97. The SMILES string of the molecule is CCCc1c(OCCCCOc2cccc(NCC(=O)O)c2)ccc2c(-c3ccccc3)ccnc12. The maximum Gasteiger partial charge on any atom is 0.322 e. The second-order valence-corrected chi connectivity index (χ2v) is 8.59. The second kappa shape index (κ2) is 12.6. The molecule has 4 rings (SSSR count). The van der Waals surface area contributed by atoms with Crippen LogP contribution in [0.4, 0.5) is 5.69 Å². The van der Waals surface area contributed by atoms with Crippen molar-refractivity contribution in [1.29, 1.82) is 0 Å². The number of carbonyl (C=O) groups is 1. The fraction of sp³-hybridized carbons (Fsp3) is 0.267. The molecule has 1 aromatic heterocycles. The number of rotatable bonds is 13. The molecule has 3 aromatic carbocycles. The smallest absolute Gasteiger partial charge is 0.322 e. The van der Waals surface area contributed by atoms with E-state index in [-0.39, 0.29) is 6.54 Å². The molecule has 0 amide bonds. The van der Waals surface area contributed by atoms with Gasteiger partial charge in [-0.25, -0.2) is 0 Å². The first-order valence-corrected chi connectivity index (χ1v) is 12.4. The van der Waals surface area contributed by atoms with Gasteiger partial charge in [-0.1, -0.05) is 49.7 Å². The van der Waals surface area contributed by atoms with Gasteiger partial charge in [0.15, 0.2) is 0 Å². The molecule has 0 spiro atoms. The monoisotopic (exact) mass is 484 g/mol. The molecule has 6 heteroatoms. The molecule has 0 radical (unpaired) electrons. The van der Waals surface area contributed by atoms with Crippen molar-refractivity contribution in [3.05, 3.63) is 84.6 Å². The predicted octanol–water partition coefficient (Wildman–Crippen LogP) is 6.59. The lowest BCUT2D eigenvalue weighted by Crippen LogP contribution is -2.12. The van der Waals surface area contributed by atoms with Crippen LogP contribution in [0.2, 0.25) is 0 Å². The zero-order chi connectivity index (χ0) is 25.2. The van der Waals surface area contributed by atoms with E-state index in [1.54, 1.807) is 0 Å². The van der Waals surface area contributed by atoms with Crippen LogP contribution in [-0.4, -0.2) is 35.8 Å². The zero-order valence-corrected chi connectivity index (χ0v) is 20.6. The standard InChI is InChI=1S/C30H32N2O4/c1-2-9-27-28(15-14-26-25(16-17-31-30(26)27)22-10-4-3-5-11-22)36-19-7-6-18-35-24-13-8-12-23(20-24)32-21-29(33)34/h3-5,8,10-17,20,32H,2,6-7,9,18-19,21H2,1H3,(H,33,34). The lowest BCUT2D eigenvalue weighted by Gasteiger charge is -2.15. The normalized spacial score (nSPS) is 10.8. The van der Waals surface area contributed by atoms with Gasteiger partial charge in [-0.15, -0.1) is 0 Å². The van der Waals surface area contributed by atoms with Crippen LogP contribution in [0.15, 0.2) is 79.0 Å². The summed E-state index contributed by atoms with van der Waals surface area (Å²) < 4.78 is 12.0. The van der Waals surface area contributed by atoms with Crippen LogP contribution in [-0.2, 0) is 11.2 Å². The van der Waals surface area contributed by atoms with Crippen LogP contribution in [0.25, 0.3) is 22.0 Å². The Morgan fingerprint density at radius 3 is 2.53 bits per heavy atom. The number of aromatic nitrogens is 1. The highest BCUT2D eigenvalue weighted by Gasteiger charge is 2.13. The molecular weight excluding hydrogens is 452 g/mol. The average molecular weight is 485 g/mol. The Balaban J connectivity index is 1.34. The number of fused-ring (bicyclic) bond motifs is 1. The number of anilines is 1. The van der Waals surface area contributed by atoms with Gasteiger partial charge in [0.25, 0.3) is 0 Å². The highest BCUT2D eigenvalue weighted by molar-refractivity contribution is 5.96. The summed E-state index contributed by atoms with van der Waals surface area (Å²) in [6.45, 7) is 3.21. The molecule has 0 aliphatic heterocycles. The van der Waals surface area contributed by atoms with Crippen molar-refractivity contribution >= 4 is 22.6 Å². The largest absolute Gasteiger partial charge is 0.494 e. The molecule has 0 fully saturated rings. The minimum Gasteiger partial charge on any atom is -0.494 e. The summed E-state index contributed by atoms with van der Waals surface area (Å²) in [5, 5.41) is 12.8. The summed E-state index contributed by atoms with van der Waals surface area (Å²) in [4.78, 5) is 15.4. The molecule has 2 N–H and O–H groups in total. The molecule has 0 aliphatic rings. The van der Waals surface area contributed by atoms with E-state index < -0.39 is 5.97 Å². The fourth-order valence-corrected chi connectivity index (χ4v) is 4.20. The maximum absolute atomic E-state index is 10.7. The molecule has 0 saturated heterocycles. The van der Waals surface area contributed by atoms with Crippen LogP contribution in [0.3, 0.4) is 0 Å². The third-order valence-corrected chi connectivity index (χ3v) is 5.90. The van der Waals surface area contributed by atoms with Gasteiger partial charge in [0.2, 0.25) is 0 Å².